The van der Waals surface area contributed by atoms with Crippen LogP contribution in [-0.4, -0.2) is 38.0 Å². The minimum atomic E-state index is -3.58. The third-order valence-electron chi connectivity index (χ3n) is 3.91. The van der Waals surface area contributed by atoms with Crippen LogP contribution in [0.3, 0.4) is 0 Å². The SMILES string of the molecule is CC(=O)c1ccc(N2CCC[C@@H](CS(N)(=O)=O)C2)c([N+](=O)[O-])c1. The molecule has 0 amide bonds. The zero-order valence-electron chi connectivity index (χ0n) is 12.8. The Labute approximate surface area is 134 Å². The second-order valence-electron chi connectivity index (χ2n) is 5.80. The Morgan fingerprint density at radius 2 is 2.17 bits per heavy atom. The average molecular weight is 341 g/mol. The summed E-state index contributed by atoms with van der Waals surface area (Å²) in [6.07, 6.45) is 1.44. The van der Waals surface area contributed by atoms with Crippen LogP contribution in [-0.2, 0) is 10.0 Å². The first-order valence-electron chi connectivity index (χ1n) is 7.22. The van der Waals surface area contributed by atoms with Crippen molar-refractivity contribution in [2.45, 2.75) is 19.8 Å². The molecule has 1 aliphatic rings. The lowest BCUT2D eigenvalue weighted by Crippen LogP contribution is -2.39. The molecule has 1 fully saturated rings. The zero-order chi connectivity index (χ0) is 17.2. The van der Waals surface area contributed by atoms with Gasteiger partial charge in [0.15, 0.2) is 5.78 Å². The van der Waals surface area contributed by atoms with Gasteiger partial charge in [0.05, 0.1) is 10.7 Å². The number of sulfonamides is 1. The summed E-state index contributed by atoms with van der Waals surface area (Å²) in [5.74, 6) is -0.542. The van der Waals surface area contributed by atoms with Gasteiger partial charge in [-0.25, -0.2) is 13.6 Å². The quantitative estimate of drug-likeness (QED) is 0.489. The Bertz CT molecular complexity index is 732. The number of hydrogen-bond donors (Lipinski definition) is 1. The molecule has 2 rings (SSSR count). The molecular formula is C14H19N3O5S. The zero-order valence-corrected chi connectivity index (χ0v) is 13.6. The van der Waals surface area contributed by atoms with Crippen LogP contribution in [0, 0.1) is 16.0 Å². The summed E-state index contributed by atoms with van der Waals surface area (Å²) < 4.78 is 22.5. The van der Waals surface area contributed by atoms with Crippen LogP contribution in [0.15, 0.2) is 18.2 Å². The summed E-state index contributed by atoms with van der Waals surface area (Å²) in [6.45, 7) is 2.33. The predicted octanol–water partition coefficient (Wildman–Crippen LogP) is 1.30. The van der Waals surface area contributed by atoms with Gasteiger partial charge in [0.1, 0.15) is 5.69 Å². The van der Waals surface area contributed by atoms with Gasteiger partial charge in [-0.05, 0) is 37.8 Å². The van der Waals surface area contributed by atoms with E-state index in [1.165, 1.54) is 13.0 Å². The number of anilines is 1. The van der Waals surface area contributed by atoms with Gasteiger partial charge in [-0.1, -0.05) is 0 Å². The summed E-state index contributed by atoms with van der Waals surface area (Å²) in [5, 5.41) is 16.4. The van der Waals surface area contributed by atoms with Gasteiger partial charge in [0.2, 0.25) is 10.0 Å². The number of benzene rings is 1. The molecule has 23 heavy (non-hydrogen) atoms. The number of rotatable bonds is 5. The van der Waals surface area contributed by atoms with Gasteiger partial charge < -0.3 is 4.90 Å². The van der Waals surface area contributed by atoms with Crippen LogP contribution in [0.5, 0.6) is 0 Å². The molecular weight excluding hydrogens is 322 g/mol. The van der Waals surface area contributed by atoms with Crippen molar-refractivity contribution in [1.29, 1.82) is 0 Å². The Balaban J connectivity index is 2.30. The van der Waals surface area contributed by atoms with Gasteiger partial charge in [-0.3, -0.25) is 14.9 Å². The van der Waals surface area contributed by atoms with E-state index in [2.05, 4.69) is 0 Å². The summed E-state index contributed by atoms with van der Waals surface area (Å²) in [7, 11) is -3.58. The molecule has 126 valence electrons. The number of Topliss-reactive ketones (excluding diaryl/α,β-unsaturated/α-hetero) is 1. The lowest BCUT2D eigenvalue weighted by Gasteiger charge is -2.33. The first-order valence-corrected chi connectivity index (χ1v) is 8.93. The molecule has 1 saturated heterocycles. The Morgan fingerprint density at radius 1 is 1.48 bits per heavy atom. The molecule has 1 aromatic rings. The highest BCUT2D eigenvalue weighted by Gasteiger charge is 2.28. The number of piperidine rings is 1. The van der Waals surface area contributed by atoms with E-state index in [0.29, 0.717) is 25.2 Å². The second-order valence-corrected chi connectivity index (χ2v) is 7.46. The van der Waals surface area contributed by atoms with E-state index < -0.39 is 14.9 Å². The highest BCUT2D eigenvalue weighted by atomic mass is 32.2. The Morgan fingerprint density at radius 3 is 2.74 bits per heavy atom. The molecule has 0 spiro atoms. The molecule has 0 unspecified atom stereocenters. The maximum absolute atomic E-state index is 11.4. The Hall–Kier alpha value is -2.00. The third-order valence-corrected chi connectivity index (χ3v) is 4.84. The van der Waals surface area contributed by atoms with Crippen molar-refractivity contribution in [3.8, 4) is 0 Å². The lowest BCUT2D eigenvalue weighted by molar-refractivity contribution is -0.384. The molecule has 0 radical (unpaired) electrons. The largest absolute Gasteiger partial charge is 0.366 e. The number of ketones is 1. The standard InChI is InChI=1S/C14H19N3O5S/c1-10(18)12-4-5-13(14(7-12)17(19)20)16-6-2-3-11(8-16)9-23(15,21)22/h4-5,7,11H,2-3,6,8-9H2,1H3,(H2,15,21,22)/t11-/m1/s1. The van der Waals surface area contributed by atoms with Crippen molar-refractivity contribution in [3.05, 3.63) is 33.9 Å². The minimum Gasteiger partial charge on any atom is -0.366 e. The lowest BCUT2D eigenvalue weighted by atomic mass is 9.98. The first-order chi connectivity index (χ1) is 10.7. The van der Waals surface area contributed by atoms with E-state index in [0.717, 1.165) is 6.42 Å². The van der Waals surface area contributed by atoms with Crippen molar-refractivity contribution in [2.24, 2.45) is 11.1 Å². The van der Waals surface area contributed by atoms with Crippen LogP contribution in [0.2, 0.25) is 0 Å². The van der Waals surface area contributed by atoms with Crippen molar-refractivity contribution in [2.75, 3.05) is 23.7 Å². The minimum absolute atomic E-state index is 0.136. The van der Waals surface area contributed by atoms with E-state index in [1.54, 1.807) is 17.0 Å². The van der Waals surface area contributed by atoms with E-state index in [4.69, 9.17) is 5.14 Å². The molecule has 1 aliphatic heterocycles. The van der Waals surface area contributed by atoms with Gasteiger partial charge in [-0.2, -0.15) is 0 Å². The number of nitrogens with two attached hydrogens (primary N) is 1. The number of nitro benzene ring substituents is 1. The molecule has 1 atom stereocenters. The maximum Gasteiger partial charge on any atom is 0.293 e. The molecule has 1 heterocycles. The molecule has 9 heteroatoms. The number of nitro groups is 1. The first kappa shape index (κ1) is 17.4. The fraction of sp³-hybridized carbons (Fsp3) is 0.500. The molecule has 0 saturated carbocycles. The fourth-order valence-corrected chi connectivity index (χ4v) is 3.83. The van der Waals surface area contributed by atoms with Crippen LogP contribution in [0.25, 0.3) is 0 Å². The number of nitrogens with zero attached hydrogens (tertiary/aromatic N) is 2. The van der Waals surface area contributed by atoms with Crippen molar-refractivity contribution < 1.29 is 18.1 Å². The van der Waals surface area contributed by atoms with E-state index in [-0.39, 0.29) is 28.7 Å². The van der Waals surface area contributed by atoms with Crippen LogP contribution in [0.4, 0.5) is 11.4 Å². The smallest absolute Gasteiger partial charge is 0.293 e. The highest BCUT2D eigenvalue weighted by Crippen LogP contribution is 2.32. The van der Waals surface area contributed by atoms with Gasteiger partial charge in [0.25, 0.3) is 5.69 Å². The van der Waals surface area contributed by atoms with Crippen molar-refractivity contribution in [1.82, 2.24) is 0 Å². The van der Waals surface area contributed by atoms with E-state index in [9.17, 15) is 23.3 Å². The van der Waals surface area contributed by atoms with E-state index >= 15 is 0 Å². The highest BCUT2D eigenvalue weighted by molar-refractivity contribution is 7.89. The third kappa shape index (κ3) is 4.49. The van der Waals surface area contributed by atoms with Crippen LogP contribution >= 0.6 is 0 Å². The number of carbonyl (C=O) groups excluding carboxylic acids is 1. The normalized spacial score (nSPS) is 18.7. The molecule has 2 N–H and O–H groups in total. The number of hydrogen-bond acceptors (Lipinski definition) is 6. The van der Waals surface area contributed by atoms with Gasteiger partial charge >= 0.3 is 0 Å². The van der Waals surface area contributed by atoms with Crippen LogP contribution < -0.4 is 10.0 Å². The molecule has 0 aromatic heterocycles. The second kappa shape index (κ2) is 6.63. The Kier molecular flexibility index (Phi) is 5.00. The summed E-state index contributed by atoms with van der Waals surface area (Å²) in [5.41, 5.74) is 0.534. The van der Waals surface area contributed by atoms with Crippen molar-refractivity contribution >= 4 is 27.2 Å². The monoisotopic (exact) mass is 341 g/mol. The number of primary sulfonamides is 1. The summed E-state index contributed by atoms with van der Waals surface area (Å²) in [4.78, 5) is 24.0. The summed E-state index contributed by atoms with van der Waals surface area (Å²) >= 11 is 0. The molecule has 8 nitrogen and oxygen atoms in total. The van der Waals surface area contributed by atoms with Gasteiger partial charge in [0, 0.05) is 24.7 Å². The van der Waals surface area contributed by atoms with Crippen LogP contribution in [0.1, 0.15) is 30.1 Å². The molecule has 0 bridgehead atoms. The summed E-state index contributed by atoms with van der Waals surface area (Å²) in [6, 6.07) is 4.36. The van der Waals surface area contributed by atoms with E-state index in [1.807, 2.05) is 0 Å². The number of carbonyl (C=O) groups is 1. The topological polar surface area (TPSA) is 124 Å². The van der Waals surface area contributed by atoms with Gasteiger partial charge in [-0.15, -0.1) is 0 Å². The van der Waals surface area contributed by atoms with Crippen molar-refractivity contribution in [3.63, 3.8) is 0 Å². The molecule has 1 aromatic carbocycles. The predicted molar refractivity (Wildman–Crippen MR) is 86.0 cm³/mol. The fourth-order valence-electron chi connectivity index (χ4n) is 2.90. The molecule has 0 aliphatic carbocycles. The average Bonchev–Trinajstić information content (AvgIpc) is 2.45. The maximum atomic E-state index is 11.4.